The standard InChI is InChI=1S/C10H9FN2O/c11-8-4-2-1-3-7(8)10(14)9-5-6-12-13-9/h1-6,10,14H,(H,12,13). The molecule has 2 N–H and O–H groups in total. The Balaban J connectivity index is 2.37. The van der Waals surface area contributed by atoms with E-state index >= 15 is 0 Å². The molecule has 2 aromatic rings. The van der Waals surface area contributed by atoms with Crippen LogP contribution in [-0.2, 0) is 0 Å². The fourth-order valence-corrected chi connectivity index (χ4v) is 1.28. The van der Waals surface area contributed by atoms with Gasteiger partial charge in [0.15, 0.2) is 0 Å². The Morgan fingerprint density at radius 3 is 2.71 bits per heavy atom. The molecule has 0 aliphatic carbocycles. The van der Waals surface area contributed by atoms with Crippen molar-refractivity contribution in [1.29, 1.82) is 0 Å². The Morgan fingerprint density at radius 1 is 1.29 bits per heavy atom. The van der Waals surface area contributed by atoms with Crippen molar-refractivity contribution in [3.05, 3.63) is 53.6 Å². The number of nitrogens with one attached hydrogen (secondary N) is 1. The lowest BCUT2D eigenvalue weighted by Crippen LogP contribution is -2.02. The highest BCUT2D eigenvalue weighted by atomic mass is 19.1. The normalized spacial score (nSPS) is 12.7. The predicted molar refractivity (Wildman–Crippen MR) is 49.0 cm³/mol. The number of aromatic amines is 1. The summed E-state index contributed by atoms with van der Waals surface area (Å²) in [6, 6.07) is 7.73. The van der Waals surface area contributed by atoms with Gasteiger partial charge in [-0.15, -0.1) is 0 Å². The first-order chi connectivity index (χ1) is 6.79. The van der Waals surface area contributed by atoms with Crippen LogP contribution in [0, 0.1) is 5.82 Å². The molecular weight excluding hydrogens is 183 g/mol. The number of aliphatic hydroxyl groups is 1. The van der Waals surface area contributed by atoms with Crippen LogP contribution in [0.5, 0.6) is 0 Å². The Kier molecular flexibility index (Phi) is 2.28. The van der Waals surface area contributed by atoms with E-state index in [0.29, 0.717) is 5.69 Å². The van der Waals surface area contributed by atoms with Crippen molar-refractivity contribution in [1.82, 2.24) is 10.2 Å². The summed E-state index contributed by atoms with van der Waals surface area (Å²) in [5, 5.41) is 16.0. The highest BCUT2D eigenvalue weighted by Gasteiger charge is 2.14. The van der Waals surface area contributed by atoms with Gasteiger partial charge in [-0.1, -0.05) is 18.2 Å². The number of rotatable bonds is 2. The number of hydrogen-bond donors (Lipinski definition) is 2. The second-order valence-corrected chi connectivity index (χ2v) is 2.94. The van der Waals surface area contributed by atoms with Crippen molar-refractivity contribution >= 4 is 0 Å². The van der Waals surface area contributed by atoms with Gasteiger partial charge < -0.3 is 5.11 Å². The van der Waals surface area contributed by atoms with E-state index in [1.165, 1.54) is 12.3 Å². The molecule has 0 fully saturated rings. The van der Waals surface area contributed by atoms with Crippen LogP contribution < -0.4 is 0 Å². The smallest absolute Gasteiger partial charge is 0.129 e. The lowest BCUT2D eigenvalue weighted by Gasteiger charge is -2.08. The van der Waals surface area contributed by atoms with E-state index in [1.807, 2.05) is 0 Å². The minimum absolute atomic E-state index is 0.247. The molecule has 0 radical (unpaired) electrons. The second kappa shape index (κ2) is 3.59. The van der Waals surface area contributed by atoms with Gasteiger partial charge in [0.05, 0.1) is 5.69 Å². The molecule has 1 aromatic heterocycles. The van der Waals surface area contributed by atoms with Crippen molar-refractivity contribution in [3.63, 3.8) is 0 Å². The van der Waals surface area contributed by atoms with Gasteiger partial charge in [-0.05, 0) is 12.1 Å². The summed E-state index contributed by atoms with van der Waals surface area (Å²) in [6.45, 7) is 0. The van der Waals surface area contributed by atoms with Crippen LogP contribution in [0.3, 0.4) is 0 Å². The maximum Gasteiger partial charge on any atom is 0.129 e. The topological polar surface area (TPSA) is 48.9 Å². The van der Waals surface area contributed by atoms with Crippen LogP contribution in [0.1, 0.15) is 17.4 Å². The van der Waals surface area contributed by atoms with Gasteiger partial charge in [0.25, 0.3) is 0 Å². The van der Waals surface area contributed by atoms with E-state index in [9.17, 15) is 9.50 Å². The van der Waals surface area contributed by atoms with E-state index < -0.39 is 11.9 Å². The first kappa shape index (κ1) is 8.90. The summed E-state index contributed by atoms with van der Waals surface area (Å²) in [5.41, 5.74) is 0.729. The van der Waals surface area contributed by atoms with Gasteiger partial charge in [0.2, 0.25) is 0 Å². The summed E-state index contributed by atoms with van der Waals surface area (Å²) in [5.74, 6) is -0.422. The quantitative estimate of drug-likeness (QED) is 0.759. The molecular formula is C10H9FN2O. The Morgan fingerprint density at radius 2 is 2.07 bits per heavy atom. The Labute approximate surface area is 80.2 Å². The zero-order chi connectivity index (χ0) is 9.97. The molecule has 1 heterocycles. The van der Waals surface area contributed by atoms with Gasteiger partial charge in [-0.2, -0.15) is 5.10 Å². The molecule has 0 spiro atoms. The van der Waals surface area contributed by atoms with Crippen LogP contribution in [-0.4, -0.2) is 15.3 Å². The molecule has 1 unspecified atom stereocenters. The van der Waals surface area contributed by atoms with Gasteiger partial charge in [0.1, 0.15) is 11.9 Å². The largest absolute Gasteiger partial charge is 0.382 e. The Hall–Kier alpha value is -1.68. The predicted octanol–water partition coefficient (Wildman–Crippen LogP) is 1.63. The minimum Gasteiger partial charge on any atom is -0.382 e. The second-order valence-electron chi connectivity index (χ2n) is 2.94. The molecule has 4 heteroatoms. The number of halogens is 1. The minimum atomic E-state index is -0.987. The number of benzene rings is 1. The molecule has 0 amide bonds. The van der Waals surface area contributed by atoms with Gasteiger partial charge >= 0.3 is 0 Å². The van der Waals surface area contributed by atoms with E-state index in [4.69, 9.17) is 0 Å². The first-order valence-corrected chi connectivity index (χ1v) is 4.21. The van der Waals surface area contributed by atoms with Crippen LogP contribution in [0.15, 0.2) is 36.5 Å². The summed E-state index contributed by atoms with van der Waals surface area (Å²) in [7, 11) is 0. The fraction of sp³-hybridized carbons (Fsp3) is 0.100. The number of nitrogens with zero attached hydrogens (tertiary/aromatic N) is 1. The van der Waals surface area contributed by atoms with E-state index in [1.54, 1.807) is 24.3 Å². The summed E-state index contributed by atoms with van der Waals surface area (Å²) in [4.78, 5) is 0. The first-order valence-electron chi connectivity index (χ1n) is 4.21. The molecule has 3 nitrogen and oxygen atoms in total. The molecule has 72 valence electrons. The molecule has 14 heavy (non-hydrogen) atoms. The zero-order valence-corrected chi connectivity index (χ0v) is 7.31. The monoisotopic (exact) mass is 192 g/mol. The van der Waals surface area contributed by atoms with Crippen LogP contribution in [0.25, 0.3) is 0 Å². The van der Waals surface area contributed by atoms with Gasteiger partial charge in [-0.3, -0.25) is 5.10 Å². The van der Waals surface area contributed by atoms with Crippen LogP contribution >= 0.6 is 0 Å². The molecule has 0 bridgehead atoms. The van der Waals surface area contributed by atoms with Crippen molar-refractivity contribution in [2.45, 2.75) is 6.10 Å². The average molecular weight is 192 g/mol. The molecule has 0 aliphatic rings. The van der Waals surface area contributed by atoms with Gasteiger partial charge in [0, 0.05) is 11.8 Å². The summed E-state index contributed by atoms with van der Waals surface area (Å²) in [6.07, 6.45) is 0.526. The SMILES string of the molecule is OC(c1ccn[nH]1)c1ccccc1F. The van der Waals surface area contributed by atoms with E-state index in [0.717, 1.165) is 0 Å². The number of hydrogen-bond acceptors (Lipinski definition) is 2. The average Bonchev–Trinajstić information content (AvgIpc) is 2.70. The third kappa shape index (κ3) is 1.52. The summed E-state index contributed by atoms with van der Waals surface area (Å²) < 4.78 is 13.2. The van der Waals surface area contributed by atoms with Crippen molar-refractivity contribution in [3.8, 4) is 0 Å². The fourth-order valence-electron chi connectivity index (χ4n) is 1.28. The van der Waals surface area contributed by atoms with Crippen LogP contribution in [0.4, 0.5) is 4.39 Å². The third-order valence-corrected chi connectivity index (χ3v) is 2.02. The van der Waals surface area contributed by atoms with Gasteiger partial charge in [-0.25, -0.2) is 4.39 Å². The van der Waals surface area contributed by atoms with Crippen LogP contribution in [0.2, 0.25) is 0 Å². The highest BCUT2D eigenvalue weighted by Crippen LogP contribution is 2.21. The molecule has 1 aromatic carbocycles. The number of aromatic nitrogens is 2. The molecule has 0 saturated heterocycles. The van der Waals surface area contributed by atoms with E-state index in [-0.39, 0.29) is 5.56 Å². The maximum atomic E-state index is 13.2. The zero-order valence-electron chi connectivity index (χ0n) is 7.31. The molecule has 1 atom stereocenters. The maximum absolute atomic E-state index is 13.2. The molecule has 0 aliphatic heterocycles. The number of H-pyrrole nitrogens is 1. The van der Waals surface area contributed by atoms with E-state index in [2.05, 4.69) is 10.2 Å². The number of aliphatic hydroxyl groups excluding tert-OH is 1. The lowest BCUT2D eigenvalue weighted by atomic mass is 10.1. The third-order valence-electron chi connectivity index (χ3n) is 2.02. The molecule has 0 saturated carbocycles. The van der Waals surface area contributed by atoms with Crippen molar-refractivity contribution < 1.29 is 9.50 Å². The summed E-state index contributed by atoms with van der Waals surface area (Å²) >= 11 is 0. The van der Waals surface area contributed by atoms with Crippen molar-refractivity contribution in [2.24, 2.45) is 0 Å². The molecule has 2 rings (SSSR count). The Bertz CT molecular complexity index is 414. The highest BCUT2D eigenvalue weighted by molar-refractivity contribution is 5.26. The lowest BCUT2D eigenvalue weighted by molar-refractivity contribution is 0.210. The van der Waals surface area contributed by atoms with Crippen molar-refractivity contribution in [2.75, 3.05) is 0 Å².